The molecular weight excluding hydrogens is 257 g/mol. The SMILES string of the molecule is CC1OCCC1(C)NCc1c(Cl)cccc1Cl. The van der Waals surface area contributed by atoms with Gasteiger partial charge in [-0.1, -0.05) is 29.3 Å². The van der Waals surface area contributed by atoms with Gasteiger partial charge in [0.05, 0.1) is 6.10 Å². The highest BCUT2D eigenvalue weighted by Crippen LogP contribution is 2.28. The lowest BCUT2D eigenvalue weighted by Gasteiger charge is -2.29. The van der Waals surface area contributed by atoms with Crippen LogP contribution in [0.1, 0.15) is 25.8 Å². The summed E-state index contributed by atoms with van der Waals surface area (Å²) in [5.41, 5.74) is 0.957. The van der Waals surface area contributed by atoms with Gasteiger partial charge in [0.15, 0.2) is 0 Å². The summed E-state index contributed by atoms with van der Waals surface area (Å²) in [6.45, 7) is 5.74. The van der Waals surface area contributed by atoms with Crippen molar-refractivity contribution in [1.29, 1.82) is 0 Å². The summed E-state index contributed by atoms with van der Waals surface area (Å²) in [6, 6.07) is 5.58. The van der Waals surface area contributed by atoms with Gasteiger partial charge in [0.1, 0.15) is 0 Å². The van der Waals surface area contributed by atoms with Crippen molar-refractivity contribution in [3.8, 4) is 0 Å². The van der Waals surface area contributed by atoms with Crippen LogP contribution in [0.4, 0.5) is 0 Å². The molecule has 1 saturated heterocycles. The van der Waals surface area contributed by atoms with Crippen LogP contribution in [0.25, 0.3) is 0 Å². The predicted molar refractivity (Wildman–Crippen MR) is 71.7 cm³/mol. The molecule has 0 radical (unpaired) electrons. The molecule has 2 unspecified atom stereocenters. The van der Waals surface area contributed by atoms with Crippen molar-refractivity contribution in [1.82, 2.24) is 5.32 Å². The third-order valence-corrected chi connectivity index (χ3v) is 4.33. The Morgan fingerprint density at radius 2 is 2.06 bits per heavy atom. The van der Waals surface area contributed by atoms with Crippen LogP contribution in [-0.2, 0) is 11.3 Å². The molecule has 1 fully saturated rings. The Bertz CT molecular complexity index is 390. The molecule has 0 amide bonds. The van der Waals surface area contributed by atoms with Gasteiger partial charge in [-0.05, 0) is 32.4 Å². The van der Waals surface area contributed by atoms with Crippen LogP contribution >= 0.6 is 23.2 Å². The Kier molecular flexibility index (Phi) is 3.99. The summed E-state index contributed by atoms with van der Waals surface area (Å²) in [5, 5.41) is 4.93. The van der Waals surface area contributed by atoms with Crippen molar-refractivity contribution in [2.75, 3.05) is 6.61 Å². The molecule has 1 aromatic rings. The quantitative estimate of drug-likeness (QED) is 0.908. The lowest BCUT2D eigenvalue weighted by molar-refractivity contribution is 0.0881. The van der Waals surface area contributed by atoms with Crippen LogP contribution in [-0.4, -0.2) is 18.2 Å². The van der Waals surface area contributed by atoms with Crippen LogP contribution in [0, 0.1) is 0 Å². The summed E-state index contributed by atoms with van der Waals surface area (Å²) < 4.78 is 5.59. The maximum atomic E-state index is 6.14. The number of rotatable bonds is 3. The number of hydrogen-bond acceptors (Lipinski definition) is 2. The smallest absolute Gasteiger partial charge is 0.0726 e. The fraction of sp³-hybridized carbons (Fsp3) is 0.538. The van der Waals surface area contributed by atoms with E-state index in [1.54, 1.807) is 0 Å². The minimum atomic E-state index is 0.00248. The van der Waals surface area contributed by atoms with Gasteiger partial charge < -0.3 is 10.1 Å². The fourth-order valence-corrected chi connectivity index (χ4v) is 2.59. The second-order valence-electron chi connectivity index (χ2n) is 4.73. The van der Waals surface area contributed by atoms with E-state index in [0.717, 1.165) is 18.6 Å². The topological polar surface area (TPSA) is 21.3 Å². The lowest BCUT2D eigenvalue weighted by Crippen LogP contribution is -2.47. The van der Waals surface area contributed by atoms with E-state index in [0.29, 0.717) is 16.6 Å². The zero-order chi connectivity index (χ0) is 12.5. The van der Waals surface area contributed by atoms with Crippen LogP contribution < -0.4 is 5.32 Å². The van der Waals surface area contributed by atoms with E-state index < -0.39 is 0 Å². The summed E-state index contributed by atoms with van der Waals surface area (Å²) >= 11 is 12.3. The largest absolute Gasteiger partial charge is 0.377 e. The first-order valence-electron chi connectivity index (χ1n) is 5.82. The lowest BCUT2D eigenvalue weighted by atomic mass is 9.94. The van der Waals surface area contributed by atoms with Gasteiger partial charge in [0.2, 0.25) is 0 Å². The van der Waals surface area contributed by atoms with Crippen molar-refractivity contribution in [2.24, 2.45) is 0 Å². The van der Waals surface area contributed by atoms with Gasteiger partial charge >= 0.3 is 0 Å². The van der Waals surface area contributed by atoms with Gasteiger partial charge in [0, 0.05) is 34.3 Å². The first-order chi connectivity index (χ1) is 8.03. The van der Waals surface area contributed by atoms with E-state index in [1.165, 1.54) is 0 Å². The summed E-state index contributed by atoms with van der Waals surface area (Å²) in [4.78, 5) is 0. The second kappa shape index (κ2) is 5.15. The van der Waals surface area contributed by atoms with Crippen molar-refractivity contribution in [3.63, 3.8) is 0 Å². The average molecular weight is 274 g/mol. The molecule has 2 atom stereocenters. The van der Waals surface area contributed by atoms with Crippen molar-refractivity contribution in [2.45, 2.75) is 38.5 Å². The van der Waals surface area contributed by atoms with Gasteiger partial charge in [0.25, 0.3) is 0 Å². The monoisotopic (exact) mass is 273 g/mol. The zero-order valence-corrected chi connectivity index (χ0v) is 11.6. The van der Waals surface area contributed by atoms with E-state index >= 15 is 0 Å². The highest BCUT2D eigenvalue weighted by molar-refractivity contribution is 6.35. The third kappa shape index (κ3) is 2.76. The molecule has 0 saturated carbocycles. The van der Waals surface area contributed by atoms with E-state index in [9.17, 15) is 0 Å². The Labute approximate surface area is 112 Å². The first kappa shape index (κ1) is 13.2. The number of ether oxygens (including phenoxy) is 1. The molecule has 0 aliphatic carbocycles. The Morgan fingerprint density at radius 1 is 1.41 bits per heavy atom. The molecular formula is C13H17Cl2NO. The number of benzene rings is 1. The second-order valence-corrected chi connectivity index (χ2v) is 5.55. The molecule has 2 rings (SSSR count). The number of hydrogen-bond donors (Lipinski definition) is 1. The summed E-state index contributed by atoms with van der Waals surface area (Å²) in [6.07, 6.45) is 1.22. The zero-order valence-electron chi connectivity index (χ0n) is 10.1. The first-order valence-corrected chi connectivity index (χ1v) is 6.58. The van der Waals surface area contributed by atoms with Crippen LogP contribution in [0.3, 0.4) is 0 Å². The Balaban J connectivity index is 2.07. The minimum Gasteiger partial charge on any atom is -0.377 e. The number of nitrogens with one attached hydrogen (secondary N) is 1. The van der Waals surface area contributed by atoms with Gasteiger partial charge in [-0.15, -0.1) is 0 Å². The van der Waals surface area contributed by atoms with E-state index in [4.69, 9.17) is 27.9 Å². The average Bonchev–Trinajstić information content (AvgIpc) is 2.59. The van der Waals surface area contributed by atoms with E-state index in [-0.39, 0.29) is 11.6 Å². The van der Waals surface area contributed by atoms with Crippen molar-refractivity contribution < 1.29 is 4.74 Å². The fourth-order valence-electron chi connectivity index (χ4n) is 2.06. The van der Waals surface area contributed by atoms with Crippen molar-refractivity contribution in [3.05, 3.63) is 33.8 Å². The molecule has 0 aromatic heterocycles. The molecule has 17 heavy (non-hydrogen) atoms. The van der Waals surface area contributed by atoms with Gasteiger partial charge in [-0.25, -0.2) is 0 Å². The maximum absolute atomic E-state index is 6.14. The molecule has 1 heterocycles. The highest BCUT2D eigenvalue weighted by Gasteiger charge is 2.36. The minimum absolute atomic E-state index is 0.00248. The predicted octanol–water partition coefficient (Wildman–Crippen LogP) is 3.65. The number of halogens is 2. The van der Waals surface area contributed by atoms with Crippen LogP contribution in [0.15, 0.2) is 18.2 Å². The molecule has 2 nitrogen and oxygen atoms in total. The molecule has 1 aliphatic heterocycles. The summed E-state index contributed by atoms with van der Waals surface area (Å²) in [7, 11) is 0. The Hall–Kier alpha value is -0.280. The molecule has 1 aliphatic rings. The molecule has 0 spiro atoms. The van der Waals surface area contributed by atoms with Gasteiger partial charge in [-0.2, -0.15) is 0 Å². The van der Waals surface area contributed by atoms with Crippen molar-refractivity contribution >= 4 is 23.2 Å². The van der Waals surface area contributed by atoms with E-state index in [2.05, 4.69) is 19.2 Å². The molecule has 1 aromatic carbocycles. The maximum Gasteiger partial charge on any atom is 0.0726 e. The van der Waals surface area contributed by atoms with E-state index in [1.807, 2.05) is 18.2 Å². The Morgan fingerprint density at radius 3 is 2.59 bits per heavy atom. The van der Waals surface area contributed by atoms with Crippen LogP contribution in [0.2, 0.25) is 10.0 Å². The molecule has 1 N–H and O–H groups in total. The molecule has 0 bridgehead atoms. The standard InChI is InChI=1S/C13H17Cl2NO/c1-9-13(2,6-7-17-9)16-8-10-11(14)4-3-5-12(10)15/h3-5,9,16H,6-8H2,1-2H3. The normalized spacial score (nSPS) is 28.6. The van der Waals surface area contributed by atoms with Gasteiger partial charge in [-0.3, -0.25) is 0 Å². The molecule has 94 valence electrons. The third-order valence-electron chi connectivity index (χ3n) is 3.62. The van der Waals surface area contributed by atoms with Crippen LogP contribution in [0.5, 0.6) is 0 Å². The molecule has 4 heteroatoms. The summed E-state index contributed by atoms with van der Waals surface area (Å²) in [5.74, 6) is 0. The highest BCUT2D eigenvalue weighted by atomic mass is 35.5.